The van der Waals surface area contributed by atoms with Crippen molar-refractivity contribution in [3.63, 3.8) is 0 Å². The zero-order chi connectivity index (χ0) is 20.8. The van der Waals surface area contributed by atoms with E-state index in [1.807, 2.05) is 21.9 Å². The maximum Gasteiger partial charge on any atom is 0.411 e. The number of ether oxygens (including phenoxy) is 2. The summed E-state index contributed by atoms with van der Waals surface area (Å²) in [6, 6.07) is 13.7. The number of piperidine rings is 1. The lowest BCUT2D eigenvalue weighted by molar-refractivity contribution is 0.0636. The SMILES string of the molecule is COc1ccc(C(=O)N2CCC(N3C(=O)O[C@@H]4Cc5ccccc5[C@@H]43)CC2)cc1Br. The van der Waals surface area contributed by atoms with Gasteiger partial charge < -0.3 is 14.4 Å². The molecule has 2 aromatic rings. The Bertz CT molecular complexity index is 1000. The molecule has 0 spiro atoms. The Kier molecular flexibility index (Phi) is 4.93. The molecule has 2 fully saturated rings. The van der Waals surface area contributed by atoms with Crippen LogP contribution in [0.15, 0.2) is 46.9 Å². The quantitative estimate of drug-likeness (QED) is 0.674. The maximum absolute atomic E-state index is 12.9. The molecule has 6 nitrogen and oxygen atoms in total. The second-order valence-corrected chi connectivity index (χ2v) is 8.90. The molecule has 0 N–H and O–H groups in total. The molecule has 0 bridgehead atoms. The van der Waals surface area contributed by atoms with Crippen molar-refractivity contribution in [2.24, 2.45) is 0 Å². The molecule has 2 aromatic carbocycles. The summed E-state index contributed by atoms with van der Waals surface area (Å²) < 4.78 is 11.7. The molecular formula is C23H23BrN2O4. The minimum absolute atomic E-state index is 0.00139. The summed E-state index contributed by atoms with van der Waals surface area (Å²) in [4.78, 5) is 29.4. The van der Waals surface area contributed by atoms with Gasteiger partial charge in [-0.2, -0.15) is 0 Å². The van der Waals surface area contributed by atoms with Gasteiger partial charge in [0, 0.05) is 31.1 Å². The number of halogens is 1. The van der Waals surface area contributed by atoms with E-state index in [4.69, 9.17) is 9.47 Å². The number of amides is 2. The zero-order valence-corrected chi connectivity index (χ0v) is 18.3. The number of fused-ring (bicyclic) bond motifs is 3. The first-order valence-corrected chi connectivity index (χ1v) is 11.1. The predicted octanol–water partition coefficient (Wildman–Crippen LogP) is 4.18. The molecule has 2 heterocycles. The molecule has 30 heavy (non-hydrogen) atoms. The van der Waals surface area contributed by atoms with E-state index in [-0.39, 0.29) is 30.2 Å². The molecule has 0 radical (unpaired) electrons. The first-order valence-electron chi connectivity index (χ1n) is 10.3. The monoisotopic (exact) mass is 470 g/mol. The van der Waals surface area contributed by atoms with Gasteiger partial charge in [-0.3, -0.25) is 9.69 Å². The van der Waals surface area contributed by atoms with E-state index >= 15 is 0 Å². The van der Waals surface area contributed by atoms with Gasteiger partial charge in [0.2, 0.25) is 0 Å². The minimum atomic E-state index is -0.219. The van der Waals surface area contributed by atoms with Gasteiger partial charge in [-0.25, -0.2) is 4.79 Å². The number of hydrogen-bond acceptors (Lipinski definition) is 4. The Hall–Kier alpha value is -2.54. The summed E-state index contributed by atoms with van der Waals surface area (Å²) in [6.07, 6.45) is 1.98. The largest absolute Gasteiger partial charge is 0.496 e. The number of methoxy groups -OCH3 is 1. The topological polar surface area (TPSA) is 59.1 Å². The summed E-state index contributed by atoms with van der Waals surface area (Å²) in [6.45, 7) is 1.24. The highest BCUT2D eigenvalue weighted by Gasteiger charge is 2.50. The number of carbonyl (C=O) groups excluding carboxylic acids is 2. The van der Waals surface area contributed by atoms with Crippen molar-refractivity contribution in [2.75, 3.05) is 20.2 Å². The molecule has 0 saturated carbocycles. The van der Waals surface area contributed by atoms with Crippen LogP contribution in [-0.2, 0) is 11.2 Å². The van der Waals surface area contributed by atoms with Gasteiger partial charge in [0.25, 0.3) is 5.91 Å². The maximum atomic E-state index is 12.9. The predicted molar refractivity (Wildman–Crippen MR) is 115 cm³/mol. The summed E-state index contributed by atoms with van der Waals surface area (Å²) in [7, 11) is 1.60. The van der Waals surface area contributed by atoms with Crippen LogP contribution in [0.1, 0.15) is 40.4 Å². The van der Waals surface area contributed by atoms with Gasteiger partial charge in [0.1, 0.15) is 11.9 Å². The van der Waals surface area contributed by atoms with Crippen LogP contribution in [0.25, 0.3) is 0 Å². The van der Waals surface area contributed by atoms with Crippen molar-refractivity contribution in [1.29, 1.82) is 0 Å². The molecule has 0 unspecified atom stereocenters. The molecule has 0 aromatic heterocycles. The number of carbonyl (C=O) groups is 2. The average Bonchev–Trinajstić information content (AvgIpc) is 3.27. The second-order valence-electron chi connectivity index (χ2n) is 8.05. The third-order valence-corrected chi connectivity index (χ3v) is 7.07. The van der Waals surface area contributed by atoms with Crippen LogP contribution in [0, 0.1) is 0 Å². The third kappa shape index (κ3) is 3.16. The standard InChI is InChI=1S/C23H23BrN2O4/c1-29-19-7-6-15(12-18(19)24)22(27)25-10-8-16(9-11-25)26-21-17-5-3-2-4-14(17)13-20(21)30-23(26)28/h2-7,12,16,20-21H,8-11,13H2,1H3/t20-,21+/m1/s1. The number of rotatable bonds is 3. The van der Waals surface area contributed by atoms with E-state index in [1.54, 1.807) is 25.3 Å². The Labute approximate surface area is 183 Å². The fourth-order valence-corrected chi connectivity index (χ4v) is 5.52. The molecule has 156 valence electrons. The molecule has 5 rings (SSSR count). The van der Waals surface area contributed by atoms with Crippen LogP contribution in [0.4, 0.5) is 4.79 Å². The van der Waals surface area contributed by atoms with Crippen LogP contribution in [0.5, 0.6) is 5.75 Å². The van der Waals surface area contributed by atoms with Gasteiger partial charge in [-0.15, -0.1) is 0 Å². The van der Waals surface area contributed by atoms with Crippen LogP contribution in [0.2, 0.25) is 0 Å². The Morgan fingerprint density at radius 2 is 1.93 bits per heavy atom. The number of likely N-dealkylation sites (tertiary alicyclic amines) is 1. The van der Waals surface area contributed by atoms with Crippen LogP contribution >= 0.6 is 15.9 Å². The smallest absolute Gasteiger partial charge is 0.411 e. The summed E-state index contributed by atoms with van der Waals surface area (Å²) >= 11 is 3.45. The summed E-state index contributed by atoms with van der Waals surface area (Å²) in [5.74, 6) is 0.703. The van der Waals surface area contributed by atoms with E-state index in [9.17, 15) is 9.59 Å². The summed E-state index contributed by atoms with van der Waals surface area (Å²) in [5.41, 5.74) is 3.10. The molecule has 7 heteroatoms. The van der Waals surface area contributed by atoms with Gasteiger partial charge >= 0.3 is 6.09 Å². The number of benzene rings is 2. The van der Waals surface area contributed by atoms with Crippen molar-refractivity contribution in [1.82, 2.24) is 9.80 Å². The lowest BCUT2D eigenvalue weighted by atomic mass is 9.98. The molecule has 2 amide bonds. The fourth-order valence-electron chi connectivity index (χ4n) is 4.98. The third-order valence-electron chi connectivity index (χ3n) is 6.45. The molecule has 2 saturated heterocycles. The molecule has 2 aliphatic heterocycles. The minimum Gasteiger partial charge on any atom is -0.496 e. The second kappa shape index (κ2) is 7.61. The van der Waals surface area contributed by atoms with E-state index < -0.39 is 0 Å². The first-order chi connectivity index (χ1) is 14.6. The van der Waals surface area contributed by atoms with E-state index in [0.717, 1.165) is 23.7 Å². The van der Waals surface area contributed by atoms with E-state index in [1.165, 1.54) is 11.1 Å². The summed E-state index contributed by atoms with van der Waals surface area (Å²) in [5, 5.41) is 0. The Balaban J connectivity index is 1.28. The molecular weight excluding hydrogens is 448 g/mol. The average molecular weight is 471 g/mol. The van der Waals surface area contributed by atoms with Crippen LogP contribution < -0.4 is 4.74 Å². The Morgan fingerprint density at radius 1 is 1.17 bits per heavy atom. The number of nitrogens with zero attached hydrogens (tertiary/aromatic N) is 2. The van der Waals surface area contributed by atoms with Gasteiger partial charge in [0.05, 0.1) is 17.6 Å². The van der Waals surface area contributed by atoms with Gasteiger partial charge in [0.15, 0.2) is 0 Å². The molecule has 2 atom stereocenters. The van der Waals surface area contributed by atoms with Crippen molar-refractivity contribution >= 4 is 27.9 Å². The van der Waals surface area contributed by atoms with Crippen molar-refractivity contribution in [2.45, 2.75) is 37.5 Å². The van der Waals surface area contributed by atoms with E-state index in [2.05, 4.69) is 28.1 Å². The van der Waals surface area contributed by atoms with Gasteiger partial charge in [-0.05, 0) is 58.1 Å². The highest BCUT2D eigenvalue weighted by atomic mass is 79.9. The molecule has 1 aliphatic carbocycles. The van der Waals surface area contributed by atoms with Crippen LogP contribution in [0.3, 0.4) is 0 Å². The lowest BCUT2D eigenvalue weighted by Crippen LogP contribution is -2.47. The highest BCUT2D eigenvalue weighted by Crippen LogP contribution is 2.44. The van der Waals surface area contributed by atoms with Gasteiger partial charge in [-0.1, -0.05) is 24.3 Å². The lowest BCUT2D eigenvalue weighted by Gasteiger charge is -2.38. The Morgan fingerprint density at radius 3 is 2.67 bits per heavy atom. The van der Waals surface area contributed by atoms with E-state index in [0.29, 0.717) is 24.4 Å². The first kappa shape index (κ1) is 19.4. The molecule has 3 aliphatic rings. The van der Waals surface area contributed by atoms with Crippen molar-refractivity contribution in [3.05, 3.63) is 63.6 Å². The van der Waals surface area contributed by atoms with Crippen molar-refractivity contribution < 1.29 is 19.1 Å². The zero-order valence-electron chi connectivity index (χ0n) is 16.7. The van der Waals surface area contributed by atoms with Crippen molar-refractivity contribution in [3.8, 4) is 5.75 Å². The highest BCUT2D eigenvalue weighted by molar-refractivity contribution is 9.10. The number of hydrogen-bond donors (Lipinski definition) is 0. The fraction of sp³-hybridized carbons (Fsp3) is 0.391. The normalized spacial score (nSPS) is 23.2. The van der Waals surface area contributed by atoms with Crippen LogP contribution in [-0.4, -0.2) is 54.1 Å².